The van der Waals surface area contributed by atoms with E-state index in [1.807, 2.05) is 6.07 Å². The highest BCUT2D eigenvalue weighted by atomic mass is 16.3. The van der Waals surface area contributed by atoms with Gasteiger partial charge >= 0.3 is 0 Å². The zero-order valence-electron chi connectivity index (χ0n) is 13.2. The van der Waals surface area contributed by atoms with Crippen LogP contribution in [0.2, 0.25) is 0 Å². The molecule has 0 bridgehead atoms. The van der Waals surface area contributed by atoms with Crippen molar-refractivity contribution in [1.82, 2.24) is 15.1 Å². The van der Waals surface area contributed by atoms with E-state index in [-0.39, 0.29) is 17.9 Å². The summed E-state index contributed by atoms with van der Waals surface area (Å²) in [5, 5.41) is 16.0. The van der Waals surface area contributed by atoms with Crippen molar-refractivity contribution in [2.75, 3.05) is 19.7 Å². The molecule has 0 saturated carbocycles. The molecule has 1 amide bonds. The van der Waals surface area contributed by atoms with Crippen LogP contribution in [0.5, 0.6) is 0 Å². The molecule has 0 aliphatic rings. The summed E-state index contributed by atoms with van der Waals surface area (Å²) in [6.07, 6.45) is 0.587. The molecule has 1 aromatic heterocycles. The van der Waals surface area contributed by atoms with Gasteiger partial charge in [-0.15, -0.1) is 0 Å². The van der Waals surface area contributed by atoms with E-state index in [2.05, 4.69) is 44.8 Å². The molecule has 5 nitrogen and oxygen atoms in total. The zero-order chi connectivity index (χ0) is 15.3. The van der Waals surface area contributed by atoms with Crippen molar-refractivity contribution in [2.45, 2.75) is 47.0 Å². The minimum Gasteiger partial charge on any atom is -0.396 e. The third-order valence-corrected chi connectivity index (χ3v) is 2.98. The van der Waals surface area contributed by atoms with Crippen LogP contribution in [-0.4, -0.2) is 45.8 Å². The lowest BCUT2D eigenvalue weighted by molar-refractivity contribution is 0.0676. The number of carbonyl (C=O) groups excluding carboxylic acids is 1. The standard InChI is InChI=1S/C15H27N3O2/c1-11(2)12-9-13(17-16-12)14(20)18(7-6-8-19)10-15(3,4)5/h9,11,19H,6-8,10H2,1-5H3,(H,16,17). The topological polar surface area (TPSA) is 69.2 Å². The number of aromatic amines is 1. The summed E-state index contributed by atoms with van der Waals surface area (Å²) in [5.74, 6) is 0.245. The average Bonchev–Trinajstić information content (AvgIpc) is 2.81. The Hall–Kier alpha value is -1.36. The number of nitrogens with zero attached hydrogens (tertiary/aromatic N) is 2. The molecule has 0 fully saturated rings. The minimum atomic E-state index is -0.0727. The van der Waals surface area contributed by atoms with Crippen molar-refractivity contribution >= 4 is 5.91 Å². The molecular weight excluding hydrogens is 254 g/mol. The molecule has 20 heavy (non-hydrogen) atoms. The number of hydrogen-bond donors (Lipinski definition) is 2. The number of nitrogens with one attached hydrogen (secondary N) is 1. The van der Waals surface area contributed by atoms with Crippen LogP contribution >= 0.6 is 0 Å². The SMILES string of the molecule is CC(C)c1cc(C(=O)N(CCCO)CC(C)(C)C)n[nH]1. The maximum absolute atomic E-state index is 12.5. The van der Waals surface area contributed by atoms with Crippen molar-refractivity contribution in [2.24, 2.45) is 5.41 Å². The van der Waals surface area contributed by atoms with E-state index in [1.165, 1.54) is 0 Å². The van der Waals surface area contributed by atoms with Gasteiger partial charge in [0.05, 0.1) is 0 Å². The Morgan fingerprint density at radius 2 is 2.10 bits per heavy atom. The fraction of sp³-hybridized carbons (Fsp3) is 0.733. The summed E-state index contributed by atoms with van der Waals surface area (Å²) in [6.45, 7) is 11.7. The van der Waals surface area contributed by atoms with Gasteiger partial charge in [0.15, 0.2) is 0 Å². The Bertz CT molecular complexity index is 433. The second-order valence-electron chi connectivity index (χ2n) is 6.73. The number of rotatable bonds is 6. The van der Waals surface area contributed by atoms with Gasteiger partial charge in [-0.3, -0.25) is 9.89 Å². The fourth-order valence-corrected chi connectivity index (χ4v) is 1.99. The van der Waals surface area contributed by atoms with E-state index in [9.17, 15) is 4.79 Å². The third-order valence-electron chi connectivity index (χ3n) is 2.98. The highest BCUT2D eigenvalue weighted by Gasteiger charge is 2.23. The van der Waals surface area contributed by atoms with Crippen molar-refractivity contribution in [3.8, 4) is 0 Å². The maximum atomic E-state index is 12.5. The summed E-state index contributed by atoms with van der Waals surface area (Å²) >= 11 is 0. The molecule has 0 aliphatic carbocycles. The Kier molecular flexibility index (Phi) is 5.74. The van der Waals surface area contributed by atoms with Crippen molar-refractivity contribution in [3.05, 3.63) is 17.5 Å². The summed E-state index contributed by atoms with van der Waals surface area (Å²) in [4.78, 5) is 14.3. The number of H-pyrrole nitrogens is 1. The smallest absolute Gasteiger partial charge is 0.274 e. The van der Waals surface area contributed by atoms with E-state index < -0.39 is 0 Å². The second kappa shape index (κ2) is 6.88. The second-order valence-corrected chi connectivity index (χ2v) is 6.73. The molecule has 0 aromatic carbocycles. The first-order valence-electron chi connectivity index (χ1n) is 7.20. The van der Waals surface area contributed by atoms with Crippen LogP contribution in [0.3, 0.4) is 0 Å². The van der Waals surface area contributed by atoms with Gasteiger partial charge < -0.3 is 10.0 Å². The number of hydrogen-bond acceptors (Lipinski definition) is 3. The normalized spacial score (nSPS) is 11.9. The van der Waals surface area contributed by atoms with E-state index >= 15 is 0 Å². The zero-order valence-corrected chi connectivity index (χ0v) is 13.2. The van der Waals surface area contributed by atoms with E-state index in [4.69, 9.17) is 5.11 Å². The maximum Gasteiger partial charge on any atom is 0.274 e. The van der Waals surface area contributed by atoms with Crippen molar-refractivity contribution < 1.29 is 9.90 Å². The van der Waals surface area contributed by atoms with Gasteiger partial charge in [-0.1, -0.05) is 34.6 Å². The molecule has 0 atom stereocenters. The lowest BCUT2D eigenvalue weighted by Crippen LogP contribution is -2.39. The van der Waals surface area contributed by atoms with Crippen LogP contribution in [0.1, 0.15) is 63.1 Å². The molecule has 1 heterocycles. The lowest BCUT2D eigenvalue weighted by Gasteiger charge is -2.29. The summed E-state index contributed by atoms with van der Waals surface area (Å²) < 4.78 is 0. The predicted octanol–water partition coefficient (Wildman–Crippen LogP) is 2.40. The monoisotopic (exact) mass is 281 g/mol. The summed E-state index contributed by atoms with van der Waals surface area (Å²) in [5.41, 5.74) is 1.43. The highest BCUT2D eigenvalue weighted by Crippen LogP contribution is 2.18. The number of carbonyl (C=O) groups is 1. The van der Waals surface area contributed by atoms with Crippen LogP contribution in [0.15, 0.2) is 6.07 Å². The number of aliphatic hydroxyl groups is 1. The highest BCUT2D eigenvalue weighted by molar-refractivity contribution is 5.92. The van der Waals surface area contributed by atoms with Gasteiger partial charge in [0, 0.05) is 25.4 Å². The minimum absolute atomic E-state index is 0.0162. The molecule has 1 rings (SSSR count). The molecular formula is C15H27N3O2. The first-order valence-corrected chi connectivity index (χ1v) is 7.20. The molecule has 0 spiro atoms. The molecule has 0 unspecified atom stereocenters. The van der Waals surface area contributed by atoms with E-state index in [1.54, 1.807) is 4.90 Å². The van der Waals surface area contributed by atoms with Crippen molar-refractivity contribution in [1.29, 1.82) is 0 Å². The molecule has 0 saturated heterocycles. The first-order chi connectivity index (χ1) is 9.24. The largest absolute Gasteiger partial charge is 0.396 e. The van der Waals surface area contributed by atoms with Crippen LogP contribution < -0.4 is 0 Å². The molecule has 114 valence electrons. The summed E-state index contributed by atoms with van der Waals surface area (Å²) in [7, 11) is 0. The van der Waals surface area contributed by atoms with Gasteiger partial charge in [-0.2, -0.15) is 5.10 Å². The lowest BCUT2D eigenvalue weighted by atomic mass is 9.95. The molecule has 0 radical (unpaired) electrons. The quantitative estimate of drug-likeness (QED) is 0.841. The van der Waals surface area contributed by atoms with Crippen LogP contribution in [0.4, 0.5) is 0 Å². The van der Waals surface area contributed by atoms with E-state index in [0.29, 0.717) is 31.1 Å². The molecule has 2 N–H and O–H groups in total. The van der Waals surface area contributed by atoms with Gasteiger partial charge in [0.2, 0.25) is 0 Å². The summed E-state index contributed by atoms with van der Waals surface area (Å²) in [6, 6.07) is 1.82. The van der Waals surface area contributed by atoms with Crippen LogP contribution in [0, 0.1) is 5.41 Å². The Morgan fingerprint density at radius 3 is 2.55 bits per heavy atom. The first kappa shape index (κ1) is 16.7. The van der Waals surface area contributed by atoms with Gasteiger partial charge in [0.25, 0.3) is 5.91 Å². The van der Waals surface area contributed by atoms with Gasteiger partial charge in [0.1, 0.15) is 5.69 Å². The fourth-order valence-electron chi connectivity index (χ4n) is 1.99. The number of amides is 1. The van der Waals surface area contributed by atoms with Gasteiger partial charge in [-0.25, -0.2) is 0 Å². The Labute approximate surface area is 121 Å². The molecule has 1 aromatic rings. The Balaban J connectivity index is 2.85. The van der Waals surface area contributed by atoms with Gasteiger partial charge in [-0.05, 0) is 23.8 Å². The molecule has 0 aliphatic heterocycles. The Morgan fingerprint density at radius 1 is 1.45 bits per heavy atom. The van der Waals surface area contributed by atoms with Crippen LogP contribution in [0.25, 0.3) is 0 Å². The number of aliphatic hydroxyl groups excluding tert-OH is 1. The van der Waals surface area contributed by atoms with E-state index in [0.717, 1.165) is 5.69 Å². The van der Waals surface area contributed by atoms with Crippen LogP contribution in [-0.2, 0) is 0 Å². The van der Waals surface area contributed by atoms with Crippen molar-refractivity contribution in [3.63, 3.8) is 0 Å². The average molecular weight is 281 g/mol. The predicted molar refractivity (Wildman–Crippen MR) is 79.7 cm³/mol. The number of aromatic nitrogens is 2. The molecule has 5 heteroatoms. The third kappa shape index (κ3) is 4.96.